The van der Waals surface area contributed by atoms with Crippen molar-refractivity contribution < 1.29 is 4.74 Å². The molecule has 0 saturated carbocycles. The number of benzene rings is 2. The zero-order valence-electron chi connectivity index (χ0n) is 15.4. The molecule has 3 rings (SSSR count). The number of hydrogen-bond donors (Lipinski definition) is 1. The van der Waals surface area contributed by atoms with E-state index in [0.29, 0.717) is 18.0 Å². The Morgan fingerprint density at radius 1 is 1.19 bits per heavy atom. The molecule has 0 bridgehead atoms. The van der Waals surface area contributed by atoms with Crippen molar-refractivity contribution in [3.8, 4) is 11.9 Å². The molecule has 1 unspecified atom stereocenters. The lowest BCUT2D eigenvalue weighted by Crippen LogP contribution is -2.23. The van der Waals surface area contributed by atoms with E-state index in [-0.39, 0.29) is 0 Å². The van der Waals surface area contributed by atoms with Crippen LogP contribution >= 0.6 is 0 Å². The van der Waals surface area contributed by atoms with Crippen molar-refractivity contribution in [2.24, 2.45) is 0 Å². The van der Waals surface area contributed by atoms with Crippen LogP contribution in [0.25, 0.3) is 10.9 Å². The quantitative estimate of drug-likeness (QED) is 0.695. The van der Waals surface area contributed by atoms with Crippen LogP contribution in [0.1, 0.15) is 30.5 Å². The molecule has 2 N–H and O–H groups in total. The molecule has 1 aromatic heterocycles. The van der Waals surface area contributed by atoms with Gasteiger partial charge >= 0.3 is 0 Å². The van der Waals surface area contributed by atoms with Gasteiger partial charge in [0.1, 0.15) is 0 Å². The topological polar surface area (TPSA) is 71.9 Å². The second kappa shape index (κ2) is 7.05. The Labute approximate surface area is 154 Å². The molecule has 1 atom stereocenters. The summed E-state index contributed by atoms with van der Waals surface area (Å²) in [5.41, 5.74) is 9.83. The van der Waals surface area contributed by atoms with Crippen LogP contribution in [0.3, 0.4) is 0 Å². The molecule has 4 nitrogen and oxygen atoms in total. The number of rotatable bonds is 5. The number of aryl methyl sites for hydroxylation is 1. The summed E-state index contributed by atoms with van der Waals surface area (Å²) in [7, 11) is 1.64. The number of methoxy groups -OCH3 is 1. The van der Waals surface area contributed by atoms with Crippen molar-refractivity contribution >= 4 is 16.6 Å². The Bertz CT molecular complexity index is 990. The number of anilines is 1. The smallest absolute Gasteiger partial charge is 0.216 e. The number of aromatic nitrogens is 1. The minimum atomic E-state index is -0.666. The highest BCUT2D eigenvalue weighted by atomic mass is 16.5. The van der Waals surface area contributed by atoms with Gasteiger partial charge in [0.15, 0.2) is 0 Å². The normalized spacial score (nSPS) is 13.2. The molecule has 26 heavy (non-hydrogen) atoms. The highest BCUT2D eigenvalue weighted by molar-refractivity contribution is 5.81. The van der Waals surface area contributed by atoms with Crippen molar-refractivity contribution in [1.29, 1.82) is 5.26 Å². The standard InChI is InChI=1S/C22H23N3O/c1-4-16-11-17-8-9-18(12-20(17)25-21(16)26-3)22(2,14-23)13-15-6-5-7-19(24)10-15/h5-12H,4,13,24H2,1-3H3. The summed E-state index contributed by atoms with van der Waals surface area (Å²) in [5.74, 6) is 0.645. The lowest BCUT2D eigenvalue weighted by atomic mass is 9.78. The van der Waals surface area contributed by atoms with Gasteiger partial charge in [-0.25, -0.2) is 4.98 Å². The Kier molecular flexibility index (Phi) is 4.81. The average Bonchev–Trinajstić information content (AvgIpc) is 2.66. The molecule has 0 aliphatic heterocycles. The highest BCUT2D eigenvalue weighted by Crippen LogP contribution is 2.31. The average molecular weight is 345 g/mol. The molecule has 0 fully saturated rings. The van der Waals surface area contributed by atoms with E-state index in [0.717, 1.165) is 34.0 Å². The molecule has 0 radical (unpaired) electrons. The minimum absolute atomic E-state index is 0.588. The largest absolute Gasteiger partial charge is 0.481 e. The van der Waals surface area contributed by atoms with Crippen molar-refractivity contribution in [1.82, 2.24) is 4.98 Å². The highest BCUT2D eigenvalue weighted by Gasteiger charge is 2.27. The molecule has 0 aliphatic carbocycles. The Morgan fingerprint density at radius 2 is 2.00 bits per heavy atom. The molecular weight excluding hydrogens is 322 g/mol. The summed E-state index contributed by atoms with van der Waals surface area (Å²) in [5, 5.41) is 10.9. The number of nitrogen functional groups attached to an aromatic ring is 1. The first-order chi connectivity index (χ1) is 12.5. The summed E-state index contributed by atoms with van der Waals surface area (Å²) in [6.45, 7) is 4.03. The number of nitriles is 1. The molecule has 2 aromatic carbocycles. The SMILES string of the molecule is CCc1cc2ccc(C(C)(C#N)Cc3cccc(N)c3)cc2nc1OC. The number of nitrogens with zero attached hydrogens (tertiary/aromatic N) is 2. The fraction of sp³-hybridized carbons (Fsp3) is 0.273. The molecule has 0 saturated heterocycles. The van der Waals surface area contributed by atoms with Crippen LogP contribution in [-0.4, -0.2) is 12.1 Å². The first-order valence-electron chi connectivity index (χ1n) is 8.73. The molecule has 3 aromatic rings. The molecule has 1 heterocycles. The lowest BCUT2D eigenvalue weighted by molar-refractivity contribution is 0.395. The van der Waals surface area contributed by atoms with Crippen LogP contribution in [0.4, 0.5) is 5.69 Å². The predicted molar refractivity (Wildman–Crippen MR) is 105 cm³/mol. The van der Waals surface area contributed by atoms with Gasteiger partial charge in [0.05, 0.1) is 24.1 Å². The van der Waals surface area contributed by atoms with Crippen LogP contribution in [0.15, 0.2) is 48.5 Å². The molecule has 0 spiro atoms. The van der Waals surface area contributed by atoms with Gasteiger partial charge < -0.3 is 10.5 Å². The van der Waals surface area contributed by atoms with Crippen molar-refractivity contribution in [3.05, 3.63) is 65.2 Å². The van der Waals surface area contributed by atoms with E-state index < -0.39 is 5.41 Å². The fourth-order valence-electron chi connectivity index (χ4n) is 3.28. The summed E-state index contributed by atoms with van der Waals surface area (Å²) >= 11 is 0. The van der Waals surface area contributed by atoms with Crippen LogP contribution in [0.5, 0.6) is 5.88 Å². The first kappa shape index (κ1) is 17.8. The summed E-state index contributed by atoms with van der Waals surface area (Å²) in [4.78, 5) is 4.64. The second-order valence-electron chi connectivity index (χ2n) is 6.78. The van der Waals surface area contributed by atoms with Gasteiger partial charge in [0.25, 0.3) is 0 Å². The van der Waals surface area contributed by atoms with Crippen LogP contribution in [0, 0.1) is 11.3 Å². The maximum absolute atomic E-state index is 9.90. The molecule has 132 valence electrons. The third kappa shape index (κ3) is 3.34. The van der Waals surface area contributed by atoms with Gasteiger partial charge in [-0.3, -0.25) is 0 Å². The zero-order chi connectivity index (χ0) is 18.7. The third-order valence-corrected chi connectivity index (χ3v) is 4.82. The van der Waals surface area contributed by atoms with Gasteiger partial charge in [-0.15, -0.1) is 0 Å². The van der Waals surface area contributed by atoms with E-state index in [4.69, 9.17) is 10.5 Å². The van der Waals surface area contributed by atoms with E-state index in [1.807, 2.05) is 49.4 Å². The fourth-order valence-corrected chi connectivity index (χ4v) is 3.28. The van der Waals surface area contributed by atoms with E-state index in [1.165, 1.54) is 0 Å². The molecule has 4 heteroatoms. The van der Waals surface area contributed by atoms with Crippen LogP contribution in [0.2, 0.25) is 0 Å². The zero-order valence-corrected chi connectivity index (χ0v) is 15.4. The van der Waals surface area contributed by atoms with E-state index in [2.05, 4.69) is 24.0 Å². The molecule has 0 aliphatic rings. The van der Waals surface area contributed by atoms with E-state index in [1.54, 1.807) is 7.11 Å². The second-order valence-corrected chi connectivity index (χ2v) is 6.78. The Morgan fingerprint density at radius 3 is 2.65 bits per heavy atom. The van der Waals surface area contributed by atoms with Gasteiger partial charge in [0.2, 0.25) is 5.88 Å². The number of pyridine rings is 1. The molecular formula is C22H23N3O. The number of ether oxygens (including phenoxy) is 1. The van der Waals surface area contributed by atoms with Gasteiger partial charge in [-0.2, -0.15) is 5.26 Å². The maximum atomic E-state index is 9.90. The first-order valence-corrected chi connectivity index (χ1v) is 8.73. The summed E-state index contributed by atoms with van der Waals surface area (Å²) in [6.07, 6.45) is 1.45. The number of hydrogen-bond acceptors (Lipinski definition) is 4. The number of fused-ring (bicyclic) bond motifs is 1. The van der Waals surface area contributed by atoms with Gasteiger partial charge in [-0.05, 0) is 55.2 Å². The van der Waals surface area contributed by atoms with Crippen LogP contribution < -0.4 is 10.5 Å². The van der Waals surface area contributed by atoms with Crippen molar-refractivity contribution in [2.75, 3.05) is 12.8 Å². The minimum Gasteiger partial charge on any atom is -0.481 e. The number of nitrogens with two attached hydrogens (primary N) is 1. The Hall–Kier alpha value is -3.06. The Balaban J connectivity index is 2.05. The predicted octanol–water partition coefficient (Wildman–Crippen LogP) is 4.41. The summed E-state index contributed by atoms with van der Waals surface area (Å²) < 4.78 is 5.41. The van der Waals surface area contributed by atoms with E-state index >= 15 is 0 Å². The van der Waals surface area contributed by atoms with Gasteiger partial charge in [-0.1, -0.05) is 31.2 Å². The molecule has 0 amide bonds. The monoisotopic (exact) mass is 345 g/mol. The lowest BCUT2D eigenvalue weighted by Gasteiger charge is -2.23. The van der Waals surface area contributed by atoms with E-state index in [9.17, 15) is 5.26 Å². The summed E-state index contributed by atoms with van der Waals surface area (Å²) in [6, 6.07) is 18.3. The van der Waals surface area contributed by atoms with Gasteiger partial charge in [0, 0.05) is 16.6 Å². The maximum Gasteiger partial charge on any atom is 0.216 e. The third-order valence-electron chi connectivity index (χ3n) is 4.82. The van der Waals surface area contributed by atoms with Crippen LogP contribution in [-0.2, 0) is 18.3 Å². The van der Waals surface area contributed by atoms with Crippen molar-refractivity contribution in [2.45, 2.75) is 32.1 Å². The van der Waals surface area contributed by atoms with Crippen molar-refractivity contribution in [3.63, 3.8) is 0 Å².